The lowest BCUT2D eigenvalue weighted by Gasteiger charge is -2.07. The van der Waals surface area contributed by atoms with Crippen LogP contribution >= 0.6 is 23.2 Å². The first-order valence-corrected chi connectivity index (χ1v) is 5.73. The van der Waals surface area contributed by atoms with E-state index in [0.29, 0.717) is 16.1 Å². The van der Waals surface area contributed by atoms with Crippen LogP contribution in [-0.4, -0.2) is 15.1 Å². The predicted octanol–water partition coefficient (Wildman–Crippen LogP) is 3.77. The van der Waals surface area contributed by atoms with E-state index in [1.165, 1.54) is 6.07 Å². The van der Waals surface area contributed by atoms with Gasteiger partial charge in [0.1, 0.15) is 16.1 Å². The molecule has 0 saturated carbocycles. The summed E-state index contributed by atoms with van der Waals surface area (Å²) in [4.78, 5) is 8.21. The quantitative estimate of drug-likeness (QED) is 0.801. The maximum atomic E-state index is 9.69. The first kappa shape index (κ1) is 12.1. The van der Waals surface area contributed by atoms with E-state index >= 15 is 0 Å². The molecular formula is C12H10Cl2N2O. The van der Waals surface area contributed by atoms with Gasteiger partial charge in [0.25, 0.3) is 0 Å². The van der Waals surface area contributed by atoms with Crippen molar-refractivity contribution < 1.29 is 5.11 Å². The van der Waals surface area contributed by atoms with Crippen LogP contribution in [0, 0.1) is 13.8 Å². The highest BCUT2D eigenvalue weighted by atomic mass is 35.5. The number of benzene rings is 1. The Hall–Kier alpha value is -1.32. The zero-order chi connectivity index (χ0) is 12.6. The fraction of sp³-hybridized carbons (Fsp3) is 0.167. The summed E-state index contributed by atoms with van der Waals surface area (Å²) in [6.07, 6.45) is 0. The number of phenols is 1. The van der Waals surface area contributed by atoms with Gasteiger partial charge in [0.15, 0.2) is 5.82 Å². The van der Waals surface area contributed by atoms with Crippen molar-refractivity contribution in [3.63, 3.8) is 0 Å². The molecule has 1 aromatic heterocycles. The van der Waals surface area contributed by atoms with Gasteiger partial charge >= 0.3 is 0 Å². The molecule has 17 heavy (non-hydrogen) atoms. The summed E-state index contributed by atoms with van der Waals surface area (Å²) >= 11 is 11.7. The van der Waals surface area contributed by atoms with Gasteiger partial charge < -0.3 is 5.11 Å². The van der Waals surface area contributed by atoms with Crippen LogP contribution in [0.1, 0.15) is 11.1 Å². The Morgan fingerprint density at radius 3 is 1.88 bits per heavy atom. The van der Waals surface area contributed by atoms with Crippen molar-refractivity contribution in [2.45, 2.75) is 13.8 Å². The molecule has 0 aliphatic carbocycles. The average Bonchev–Trinajstić information content (AvgIpc) is 2.23. The lowest BCUT2D eigenvalue weighted by Crippen LogP contribution is -1.92. The van der Waals surface area contributed by atoms with E-state index in [1.54, 1.807) is 12.1 Å². The van der Waals surface area contributed by atoms with Gasteiger partial charge in [-0.15, -0.1) is 0 Å². The number of rotatable bonds is 1. The standard InChI is InChI=1S/C12H10Cl2N2O/c1-6-3-8(4-7(2)11(6)17)12-15-9(13)5-10(14)16-12/h3-5,17H,1-2H3. The molecule has 1 N–H and O–H groups in total. The Labute approximate surface area is 109 Å². The maximum Gasteiger partial charge on any atom is 0.162 e. The number of hydrogen-bond donors (Lipinski definition) is 1. The molecule has 3 nitrogen and oxygen atoms in total. The van der Waals surface area contributed by atoms with Crippen molar-refractivity contribution in [3.8, 4) is 17.1 Å². The minimum Gasteiger partial charge on any atom is -0.507 e. The highest BCUT2D eigenvalue weighted by molar-refractivity contribution is 6.33. The SMILES string of the molecule is Cc1cc(-c2nc(Cl)cc(Cl)n2)cc(C)c1O. The van der Waals surface area contributed by atoms with E-state index in [0.717, 1.165) is 16.7 Å². The molecule has 0 bridgehead atoms. The van der Waals surface area contributed by atoms with Gasteiger partial charge in [-0.05, 0) is 37.1 Å². The van der Waals surface area contributed by atoms with Crippen LogP contribution in [0.3, 0.4) is 0 Å². The largest absolute Gasteiger partial charge is 0.507 e. The summed E-state index contributed by atoms with van der Waals surface area (Å²) in [5.41, 5.74) is 2.31. The summed E-state index contributed by atoms with van der Waals surface area (Å²) in [5.74, 6) is 0.732. The lowest BCUT2D eigenvalue weighted by molar-refractivity contribution is 0.467. The third-order valence-corrected chi connectivity index (χ3v) is 2.80. The smallest absolute Gasteiger partial charge is 0.162 e. The monoisotopic (exact) mass is 268 g/mol. The van der Waals surface area contributed by atoms with Crippen molar-refractivity contribution in [3.05, 3.63) is 39.6 Å². The Balaban J connectivity index is 2.60. The molecule has 0 atom stereocenters. The second-order valence-corrected chi connectivity index (χ2v) is 4.57. The summed E-state index contributed by atoms with van der Waals surface area (Å²) in [7, 11) is 0. The lowest BCUT2D eigenvalue weighted by atomic mass is 10.1. The van der Waals surface area contributed by atoms with Gasteiger partial charge in [-0.3, -0.25) is 0 Å². The molecule has 0 spiro atoms. The third kappa shape index (κ3) is 2.51. The fourth-order valence-corrected chi connectivity index (χ4v) is 2.03. The molecule has 2 rings (SSSR count). The Bertz CT molecular complexity index is 541. The van der Waals surface area contributed by atoms with E-state index in [-0.39, 0.29) is 5.75 Å². The van der Waals surface area contributed by atoms with Crippen LogP contribution in [0.15, 0.2) is 18.2 Å². The average molecular weight is 269 g/mol. The number of aromatic nitrogens is 2. The normalized spacial score (nSPS) is 10.6. The van der Waals surface area contributed by atoms with E-state index < -0.39 is 0 Å². The van der Waals surface area contributed by atoms with E-state index in [2.05, 4.69) is 9.97 Å². The number of halogens is 2. The van der Waals surface area contributed by atoms with Crippen LogP contribution in [0.25, 0.3) is 11.4 Å². The predicted molar refractivity (Wildman–Crippen MR) is 68.6 cm³/mol. The zero-order valence-electron chi connectivity index (χ0n) is 9.33. The second-order valence-electron chi connectivity index (χ2n) is 3.80. The Kier molecular flexibility index (Phi) is 3.22. The van der Waals surface area contributed by atoms with Gasteiger partial charge in [-0.2, -0.15) is 0 Å². The molecular weight excluding hydrogens is 259 g/mol. The van der Waals surface area contributed by atoms with Crippen molar-refractivity contribution in [2.75, 3.05) is 0 Å². The van der Waals surface area contributed by atoms with Crippen LogP contribution < -0.4 is 0 Å². The molecule has 1 aromatic carbocycles. The van der Waals surface area contributed by atoms with E-state index in [9.17, 15) is 5.11 Å². The molecule has 1 heterocycles. The Morgan fingerprint density at radius 1 is 0.941 bits per heavy atom. The maximum absolute atomic E-state index is 9.69. The molecule has 0 unspecified atom stereocenters. The number of aryl methyl sites for hydroxylation is 2. The van der Waals surface area contributed by atoms with Gasteiger partial charge in [0.2, 0.25) is 0 Å². The Morgan fingerprint density at radius 2 is 1.41 bits per heavy atom. The molecule has 0 aliphatic heterocycles. The highest BCUT2D eigenvalue weighted by Gasteiger charge is 2.09. The zero-order valence-corrected chi connectivity index (χ0v) is 10.8. The van der Waals surface area contributed by atoms with Crippen molar-refractivity contribution in [1.82, 2.24) is 9.97 Å². The summed E-state index contributed by atoms with van der Waals surface area (Å²) in [6.45, 7) is 3.63. The van der Waals surface area contributed by atoms with Gasteiger partial charge in [-0.25, -0.2) is 9.97 Å². The van der Waals surface area contributed by atoms with Crippen LogP contribution in [0.5, 0.6) is 5.75 Å². The number of phenolic OH excluding ortho intramolecular Hbond substituents is 1. The molecule has 0 fully saturated rings. The van der Waals surface area contributed by atoms with E-state index in [1.807, 2.05) is 13.8 Å². The number of aromatic hydroxyl groups is 1. The molecule has 0 saturated heterocycles. The summed E-state index contributed by atoms with van der Waals surface area (Å²) in [6, 6.07) is 5.07. The molecule has 88 valence electrons. The molecule has 0 radical (unpaired) electrons. The van der Waals surface area contributed by atoms with Crippen molar-refractivity contribution >= 4 is 23.2 Å². The van der Waals surface area contributed by atoms with Gasteiger partial charge in [0, 0.05) is 11.6 Å². The van der Waals surface area contributed by atoms with Gasteiger partial charge in [0.05, 0.1) is 0 Å². The number of hydrogen-bond acceptors (Lipinski definition) is 3. The fourth-order valence-electron chi connectivity index (χ4n) is 1.60. The third-order valence-electron chi connectivity index (χ3n) is 2.41. The van der Waals surface area contributed by atoms with Gasteiger partial charge in [-0.1, -0.05) is 23.2 Å². The molecule has 0 aliphatic rings. The van der Waals surface area contributed by atoms with Crippen LogP contribution in [0.2, 0.25) is 10.3 Å². The molecule has 2 aromatic rings. The van der Waals surface area contributed by atoms with Crippen LogP contribution in [0.4, 0.5) is 0 Å². The van der Waals surface area contributed by atoms with E-state index in [4.69, 9.17) is 23.2 Å². The second kappa shape index (κ2) is 4.51. The molecule has 0 amide bonds. The number of nitrogens with zero attached hydrogens (tertiary/aromatic N) is 2. The first-order chi connectivity index (χ1) is 7.97. The van der Waals surface area contributed by atoms with Crippen LogP contribution in [-0.2, 0) is 0 Å². The summed E-state index contributed by atoms with van der Waals surface area (Å²) < 4.78 is 0. The summed E-state index contributed by atoms with van der Waals surface area (Å²) in [5, 5.41) is 10.3. The topological polar surface area (TPSA) is 46.0 Å². The van der Waals surface area contributed by atoms with Crippen molar-refractivity contribution in [2.24, 2.45) is 0 Å². The van der Waals surface area contributed by atoms with Crippen molar-refractivity contribution in [1.29, 1.82) is 0 Å². The first-order valence-electron chi connectivity index (χ1n) is 4.98. The highest BCUT2D eigenvalue weighted by Crippen LogP contribution is 2.28. The minimum atomic E-state index is 0.280. The molecule has 5 heteroatoms. The minimum absolute atomic E-state index is 0.280.